The molecule has 0 bridgehead atoms. The molecule has 0 aliphatic rings. The van der Waals surface area contributed by atoms with Crippen LogP contribution in [0.4, 0.5) is 14.5 Å². The second kappa shape index (κ2) is 5.98. The van der Waals surface area contributed by atoms with Crippen molar-refractivity contribution in [2.45, 2.75) is 11.8 Å². The Hall–Kier alpha value is -1.67. The molecular formula is C13H11F2NO3S2. The van der Waals surface area contributed by atoms with Crippen LogP contribution < -0.4 is 10.7 Å². The van der Waals surface area contributed by atoms with Gasteiger partial charge in [-0.1, -0.05) is 6.92 Å². The number of carbonyl (C=O) groups is 1. The number of fused-ring (bicyclic) bond motifs is 1. The summed E-state index contributed by atoms with van der Waals surface area (Å²) in [6, 6.07) is 0. The number of carboxylic acids is 1. The number of hydrogen-bond donors (Lipinski definition) is 2. The zero-order valence-corrected chi connectivity index (χ0v) is 12.8. The van der Waals surface area contributed by atoms with Crippen molar-refractivity contribution in [2.75, 3.05) is 18.1 Å². The monoisotopic (exact) mass is 331 g/mol. The highest BCUT2D eigenvalue weighted by molar-refractivity contribution is 7.99. The molecule has 2 N–H and O–H groups in total. The summed E-state index contributed by atoms with van der Waals surface area (Å²) >= 11 is 1.76. The molecule has 0 aliphatic carbocycles. The number of halogens is 2. The van der Waals surface area contributed by atoms with Crippen molar-refractivity contribution in [1.29, 1.82) is 0 Å². The van der Waals surface area contributed by atoms with E-state index in [1.165, 1.54) is 7.05 Å². The van der Waals surface area contributed by atoms with Gasteiger partial charge in [-0.25, -0.2) is 13.6 Å². The van der Waals surface area contributed by atoms with Crippen molar-refractivity contribution in [1.82, 2.24) is 0 Å². The van der Waals surface area contributed by atoms with Crippen molar-refractivity contribution in [2.24, 2.45) is 0 Å². The first-order chi connectivity index (χ1) is 9.93. The van der Waals surface area contributed by atoms with Gasteiger partial charge >= 0.3 is 5.97 Å². The van der Waals surface area contributed by atoms with Gasteiger partial charge in [0.25, 0.3) is 0 Å². The first-order valence-corrected chi connectivity index (χ1v) is 7.80. The molecule has 0 amide bonds. The van der Waals surface area contributed by atoms with E-state index in [0.29, 0.717) is 5.75 Å². The third-order valence-electron chi connectivity index (χ3n) is 2.83. The van der Waals surface area contributed by atoms with Gasteiger partial charge < -0.3 is 10.4 Å². The Morgan fingerprint density at radius 3 is 2.62 bits per heavy atom. The normalized spacial score (nSPS) is 10.9. The van der Waals surface area contributed by atoms with Crippen LogP contribution in [0.1, 0.15) is 17.3 Å². The molecule has 4 nitrogen and oxygen atoms in total. The van der Waals surface area contributed by atoms with E-state index in [-0.39, 0.29) is 20.7 Å². The third-order valence-corrected chi connectivity index (χ3v) is 4.74. The van der Waals surface area contributed by atoms with Gasteiger partial charge in [-0.3, -0.25) is 4.79 Å². The van der Waals surface area contributed by atoms with Crippen molar-refractivity contribution >= 4 is 44.8 Å². The smallest absolute Gasteiger partial charge is 0.340 e. The predicted molar refractivity (Wildman–Crippen MR) is 80.9 cm³/mol. The van der Waals surface area contributed by atoms with Crippen LogP contribution in [0.5, 0.6) is 0 Å². The first-order valence-electron chi connectivity index (χ1n) is 5.94. The molecule has 0 fully saturated rings. The fraction of sp³-hybridized carbons (Fsp3) is 0.231. The summed E-state index contributed by atoms with van der Waals surface area (Å²) in [5, 5.41) is 12.3. The minimum Gasteiger partial charge on any atom is -0.478 e. The highest BCUT2D eigenvalue weighted by Crippen LogP contribution is 2.37. The minimum atomic E-state index is -1.42. The summed E-state index contributed by atoms with van der Waals surface area (Å²) in [6.45, 7) is 1.75. The molecule has 21 heavy (non-hydrogen) atoms. The van der Waals surface area contributed by atoms with Crippen LogP contribution in [0.3, 0.4) is 0 Å². The van der Waals surface area contributed by atoms with Gasteiger partial charge in [0, 0.05) is 12.4 Å². The van der Waals surface area contributed by atoms with Gasteiger partial charge in [0.2, 0.25) is 5.43 Å². The van der Waals surface area contributed by atoms with Crippen LogP contribution in [-0.2, 0) is 0 Å². The van der Waals surface area contributed by atoms with Crippen molar-refractivity contribution in [3.63, 3.8) is 0 Å². The molecule has 2 aromatic rings. The Kier molecular flexibility index (Phi) is 4.48. The number of benzene rings is 1. The number of hydrogen-bond acceptors (Lipinski definition) is 5. The predicted octanol–water partition coefficient (Wildman–Crippen LogP) is 3.39. The summed E-state index contributed by atoms with van der Waals surface area (Å²) in [5.74, 6) is -2.66. The van der Waals surface area contributed by atoms with E-state index in [9.17, 15) is 18.4 Å². The number of carboxylic acid groups (broad SMARTS) is 1. The standard InChI is InChI=1S/C13H11F2NO3S2/c1-3-20-12-7(14)9(16-2)6-10(17)5(13(18)19)4-21-11(6)8(12)15/h4,16H,3H2,1-2H3,(H,18,19). The Labute approximate surface area is 126 Å². The molecule has 0 spiro atoms. The highest BCUT2D eigenvalue weighted by Gasteiger charge is 2.24. The highest BCUT2D eigenvalue weighted by atomic mass is 32.2. The molecule has 0 saturated carbocycles. The zero-order valence-electron chi connectivity index (χ0n) is 11.1. The number of aromatic carboxylic acids is 1. The molecule has 8 heteroatoms. The number of anilines is 1. The molecule has 2 rings (SSSR count). The van der Waals surface area contributed by atoms with Gasteiger partial charge in [-0.2, -0.15) is 0 Å². The molecule has 0 radical (unpaired) electrons. The first kappa shape index (κ1) is 15.7. The number of thioether (sulfide) groups is 1. The lowest BCUT2D eigenvalue weighted by Crippen LogP contribution is -2.16. The van der Waals surface area contributed by atoms with Crippen molar-refractivity contribution in [3.05, 3.63) is 32.8 Å². The second-order valence-electron chi connectivity index (χ2n) is 4.00. The van der Waals surface area contributed by atoms with Crippen LogP contribution in [0.25, 0.3) is 10.1 Å². The number of nitrogens with one attached hydrogen (secondary N) is 1. The molecule has 1 aromatic carbocycles. The number of rotatable bonds is 4. The quantitative estimate of drug-likeness (QED) is 0.841. The Morgan fingerprint density at radius 1 is 1.43 bits per heavy atom. The summed E-state index contributed by atoms with van der Waals surface area (Å²) in [6.07, 6.45) is 0. The molecule has 1 heterocycles. The van der Waals surface area contributed by atoms with Crippen molar-refractivity contribution in [3.8, 4) is 0 Å². The van der Waals surface area contributed by atoms with Gasteiger partial charge in [-0.05, 0) is 5.75 Å². The van der Waals surface area contributed by atoms with E-state index in [0.717, 1.165) is 28.5 Å². The molecular weight excluding hydrogens is 320 g/mol. The summed E-state index contributed by atoms with van der Waals surface area (Å²) in [5.41, 5.74) is -1.57. The average Bonchev–Trinajstić information content (AvgIpc) is 2.44. The lowest BCUT2D eigenvalue weighted by molar-refractivity contribution is 0.0696. The minimum absolute atomic E-state index is 0.0494. The fourth-order valence-corrected chi connectivity index (χ4v) is 3.71. The van der Waals surface area contributed by atoms with E-state index in [1.807, 2.05) is 0 Å². The maximum atomic E-state index is 14.4. The van der Waals surface area contributed by atoms with E-state index < -0.39 is 28.6 Å². The van der Waals surface area contributed by atoms with E-state index >= 15 is 0 Å². The van der Waals surface area contributed by atoms with Gasteiger partial charge in [-0.15, -0.1) is 23.1 Å². The largest absolute Gasteiger partial charge is 0.478 e. The van der Waals surface area contributed by atoms with Crippen LogP contribution in [0.2, 0.25) is 0 Å². The van der Waals surface area contributed by atoms with Gasteiger partial charge in [0.1, 0.15) is 5.56 Å². The van der Waals surface area contributed by atoms with Crippen LogP contribution in [0, 0.1) is 11.6 Å². The van der Waals surface area contributed by atoms with E-state index in [2.05, 4.69) is 5.32 Å². The topological polar surface area (TPSA) is 66.4 Å². The van der Waals surface area contributed by atoms with E-state index in [4.69, 9.17) is 5.11 Å². The lowest BCUT2D eigenvalue weighted by atomic mass is 10.1. The fourth-order valence-electron chi connectivity index (χ4n) is 1.93. The average molecular weight is 331 g/mol. The maximum absolute atomic E-state index is 14.4. The SMILES string of the molecule is CCSc1c(F)c(NC)c2c(=O)c(C(=O)O)csc2c1F. The third kappa shape index (κ3) is 2.49. The Bertz CT molecular complexity index is 789. The molecule has 0 saturated heterocycles. The summed E-state index contributed by atoms with van der Waals surface area (Å²) in [7, 11) is 1.40. The van der Waals surface area contributed by atoms with Crippen LogP contribution in [0.15, 0.2) is 15.1 Å². The van der Waals surface area contributed by atoms with E-state index in [1.54, 1.807) is 6.92 Å². The maximum Gasteiger partial charge on any atom is 0.340 e. The van der Waals surface area contributed by atoms with Crippen LogP contribution in [-0.4, -0.2) is 23.9 Å². The second-order valence-corrected chi connectivity index (χ2v) is 6.16. The molecule has 0 atom stereocenters. The Balaban J connectivity index is 3.00. The van der Waals surface area contributed by atoms with Crippen LogP contribution >= 0.6 is 23.1 Å². The van der Waals surface area contributed by atoms with Gasteiger partial charge in [0.15, 0.2) is 11.6 Å². The van der Waals surface area contributed by atoms with Crippen molar-refractivity contribution < 1.29 is 18.7 Å². The molecule has 0 aliphatic heterocycles. The molecule has 0 unspecified atom stereocenters. The van der Waals surface area contributed by atoms with Gasteiger partial charge in [0.05, 0.1) is 20.7 Å². The summed E-state index contributed by atoms with van der Waals surface area (Å²) < 4.78 is 28.7. The zero-order chi connectivity index (χ0) is 15.7. The lowest BCUT2D eigenvalue weighted by Gasteiger charge is -2.12. The molecule has 1 aromatic heterocycles. The molecule has 112 valence electrons. The Morgan fingerprint density at radius 2 is 2.10 bits per heavy atom. The summed E-state index contributed by atoms with van der Waals surface area (Å²) in [4.78, 5) is 23.0.